The van der Waals surface area contributed by atoms with Crippen molar-refractivity contribution in [3.63, 3.8) is 0 Å². The topological polar surface area (TPSA) is 87.8 Å². The molecular weight excluding hydrogens is 318 g/mol. The van der Waals surface area contributed by atoms with E-state index in [1.807, 2.05) is 30.3 Å². The summed E-state index contributed by atoms with van der Waals surface area (Å²) in [5.74, 6) is -0.650. The van der Waals surface area contributed by atoms with E-state index in [4.69, 9.17) is 4.74 Å². The average Bonchev–Trinajstić information content (AvgIpc) is 2.99. The smallest absolute Gasteiger partial charge is 0.344 e. The molecule has 0 amide bonds. The molecule has 6 heteroatoms. The highest BCUT2D eigenvalue weighted by Crippen LogP contribution is 2.32. The molecule has 0 saturated heterocycles. The standard InChI is InChI=1S/C19H15N3O3/c1-2-25-19(24)15-14(11-6-5-9-20-10-11)17-16(22-18(15)23)12-7-3-4-8-13(12)21-17/h3-10,21H,2H2,1H3,(H,22,23). The number of aromatic amines is 2. The predicted molar refractivity (Wildman–Crippen MR) is 95.6 cm³/mol. The molecule has 0 atom stereocenters. The fraction of sp³-hybridized carbons (Fsp3) is 0.105. The van der Waals surface area contributed by atoms with Gasteiger partial charge in [0.05, 0.1) is 17.6 Å². The van der Waals surface area contributed by atoms with Crippen LogP contribution in [-0.2, 0) is 4.74 Å². The number of hydrogen-bond donors (Lipinski definition) is 2. The third-order valence-corrected chi connectivity index (χ3v) is 4.10. The molecular formula is C19H15N3O3. The van der Waals surface area contributed by atoms with Gasteiger partial charge in [0, 0.05) is 34.4 Å². The first kappa shape index (κ1) is 15.1. The number of para-hydroxylation sites is 1. The Labute approximate surface area is 142 Å². The summed E-state index contributed by atoms with van der Waals surface area (Å²) >= 11 is 0. The first-order valence-electron chi connectivity index (χ1n) is 7.95. The van der Waals surface area contributed by atoms with Crippen LogP contribution in [0.25, 0.3) is 33.1 Å². The molecule has 0 aliphatic carbocycles. The number of ether oxygens (including phenoxy) is 1. The molecule has 0 aliphatic heterocycles. The molecule has 0 saturated carbocycles. The van der Waals surface area contributed by atoms with Gasteiger partial charge in [-0.1, -0.05) is 24.3 Å². The Balaban J connectivity index is 2.17. The molecule has 0 unspecified atom stereocenters. The number of nitrogens with zero attached hydrogens (tertiary/aromatic N) is 1. The van der Waals surface area contributed by atoms with Gasteiger partial charge in [-0.05, 0) is 19.1 Å². The lowest BCUT2D eigenvalue weighted by Gasteiger charge is -2.09. The zero-order valence-electron chi connectivity index (χ0n) is 13.5. The van der Waals surface area contributed by atoms with Crippen molar-refractivity contribution in [3.8, 4) is 11.1 Å². The van der Waals surface area contributed by atoms with Crippen LogP contribution in [0.2, 0.25) is 0 Å². The van der Waals surface area contributed by atoms with E-state index in [2.05, 4.69) is 15.0 Å². The van der Waals surface area contributed by atoms with Gasteiger partial charge < -0.3 is 14.7 Å². The molecule has 6 nitrogen and oxygen atoms in total. The van der Waals surface area contributed by atoms with Crippen LogP contribution in [0.5, 0.6) is 0 Å². The van der Waals surface area contributed by atoms with E-state index in [0.29, 0.717) is 22.2 Å². The molecule has 0 fully saturated rings. The van der Waals surface area contributed by atoms with Crippen LogP contribution >= 0.6 is 0 Å². The summed E-state index contributed by atoms with van der Waals surface area (Å²) in [7, 11) is 0. The number of nitrogens with one attached hydrogen (secondary N) is 2. The van der Waals surface area contributed by atoms with Crippen LogP contribution in [0.1, 0.15) is 17.3 Å². The Morgan fingerprint density at radius 3 is 2.72 bits per heavy atom. The van der Waals surface area contributed by atoms with Gasteiger partial charge in [-0.3, -0.25) is 9.78 Å². The number of pyridine rings is 2. The Hall–Kier alpha value is -3.41. The zero-order valence-corrected chi connectivity index (χ0v) is 13.5. The van der Waals surface area contributed by atoms with Gasteiger partial charge in [0.15, 0.2) is 0 Å². The van der Waals surface area contributed by atoms with Crippen molar-refractivity contribution in [2.45, 2.75) is 6.92 Å². The first-order chi connectivity index (χ1) is 12.2. The first-order valence-corrected chi connectivity index (χ1v) is 7.95. The van der Waals surface area contributed by atoms with Crippen molar-refractivity contribution < 1.29 is 9.53 Å². The van der Waals surface area contributed by atoms with Crippen molar-refractivity contribution in [1.82, 2.24) is 15.0 Å². The van der Waals surface area contributed by atoms with Crippen LogP contribution in [0.3, 0.4) is 0 Å². The summed E-state index contributed by atoms with van der Waals surface area (Å²) in [6, 6.07) is 11.2. The minimum absolute atomic E-state index is 0.0195. The molecule has 25 heavy (non-hydrogen) atoms. The largest absolute Gasteiger partial charge is 0.462 e. The summed E-state index contributed by atoms with van der Waals surface area (Å²) in [5, 5.41) is 0.884. The predicted octanol–water partition coefficient (Wildman–Crippen LogP) is 3.25. The lowest BCUT2D eigenvalue weighted by Crippen LogP contribution is -2.21. The molecule has 1 aromatic carbocycles. The summed E-state index contributed by atoms with van der Waals surface area (Å²) in [5.41, 5.74) is 2.89. The third kappa shape index (κ3) is 2.39. The Morgan fingerprint density at radius 2 is 1.96 bits per heavy atom. The van der Waals surface area contributed by atoms with E-state index in [-0.39, 0.29) is 12.2 Å². The summed E-state index contributed by atoms with van der Waals surface area (Å²) in [6.07, 6.45) is 3.27. The second-order valence-electron chi connectivity index (χ2n) is 5.59. The van der Waals surface area contributed by atoms with Crippen LogP contribution in [0.15, 0.2) is 53.6 Å². The monoisotopic (exact) mass is 333 g/mol. The second-order valence-corrected chi connectivity index (χ2v) is 5.59. The van der Waals surface area contributed by atoms with Crippen LogP contribution in [0, 0.1) is 0 Å². The van der Waals surface area contributed by atoms with E-state index < -0.39 is 11.5 Å². The molecule has 0 aliphatic rings. The quantitative estimate of drug-likeness (QED) is 0.563. The van der Waals surface area contributed by atoms with Crippen LogP contribution < -0.4 is 5.56 Å². The van der Waals surface area contributed by atoms with E-state index in [9.17, 15) is 9.59 Å². The van der Waals surface area contributed by atoms with E-state index >= 15 is 0 Å². The third-order valence-electron chi connectivity index (χ3n) is 4.10. The second kappa shape index (κ2) is 5.90. The van der Waals surface area contributed by atoms with Gasteiger partial charge in [0.25, 0.3) is 5.56 Å². The van der Waals surface area contributed by atoms with Gasteiger partial charge in [0.1, 0.15) is 5.56 Å². The number of aromatic nitrogens is 3. The SMILES string of the molecule is CCOC(=O)c1c(-c2cccnc2)c2[nH]c3ccccc3c2[nH]c1=O. The highest BCUT2D eigenvalue weighted by atomic mass is 16.5. The fourth-order valence-corrected chi connectivity index (χ4v) is 3.07. The maximum absolute atomic E-state index is 12.7. The molecule has 4 aromatic rings. The van der Waals surface area contributed by atoms with E-state index in [1.165, 1.54) is 0 Å². The summed E-state index contributed by atoms with van der Waals surface area (Å²) < 4.78 is 5.10. The summed E-state index contributed by atoms with van der Waals surface area (Å²) in [4.78, 5) is 35.4. The normalized spacial score (nSPS) is 11.1. The van der Waals surface area contributed by atoms with Gasteiger partial charge in [-0.15, -0.1) is 0 Å². The molecule has 3 heterocycles. The number of carbonyl (C=O) groups is 1. The van der Waals surface area contributed by atoms with Gasteiger partial charge in [0.2, 0.25) is 0 Å². The van der Waals surface area contributed by atoms with Gasteiger partial charge in [-0.2, -0.15) is 0 Å². The number of rotatable bonds is 3. The van der Waals surface area contributed by atoms with E-state index in [0.717, 1.165) is 10.9 Å². The molecule has 0 bridgehead atoms. The van der Waals surface area contributed by atoms with Crippen LogP contribution in [-0.4, -0.2) is 27.5 Å². The number of benzene rings is 1. The average molecular weight is 333 g/mol. The number of carbonyl (C=O) groups excluding carboxylic acids is 1. The molecule has 0 spiro atoms. The molecule has 3 aromatic heterocycles. The maximum Gasteiger partial charge on any atom is 0.344 e. The number of fused-ring (bicyclic) bond motifs is 3. The Morgan fingerprint density at radius 1 is 1.12 bits per heavy atom. The highest BCUT2D eigenvalue weighted by Gasteiger charge is 2.23. The van der Waals surface area contributed by atoms with Gasteiger partial charge >= 0.3 is 5.97 Å². The number of esters is 1. The molecule has 124 valence electrons. The van der Waals surface area contributed by atoms with Crippen molar-refractivity contribution in [3.05, 3.63) is 64.7 Å². The fourth-order valence-electron chi connectivity index (χ4n) is 3.07. The maximum atomic E-state index is 12.7. The minimum atomic E-state index is -0.650. The zero-order chi connectivity index (χ0) is 17.4. The number of H-pyrrole nitrogens is 2. The van der Waals surface area contributed by atoms with Crippen LogP contribution in [0.4, 0.5) is 0 Å². The van der Waals surface area contributed by atoms with Crippen molar-refractivity contribution in [2.75, 3.05) is 6.61 Å². The number of hydrogen-bond acceptors (Lipinski definition) is 4. The molecule has 0 radical (unpaired) electrons. The van der Waals surface area contributed by atoms with Crippen molar-refractivity contribution >= 4 is 27.9 Å². The highest BCUT2D eigenvalue weighted by molar-refractivity contribution is 6.13. The Kier molecular flexibility index (Phi) is 3.57. The van der Waals surface area contributed by atoms with Crippen molar-refractivity contribution in [2.24, 2.45) is 0 Å². The van der Waals surface area contributed by atoms with Gasteiger partial charge in [-0.25, -0.2) is 4.79 Å². The van der Waals surface area contributed by atoms with Crippen molar-refractivity contribution in [1.29, 1.82) is 0 Å². The Bertz CT molecular complexity index is 1140. The minimum Gasteiger partial charge on any atom is -0.462 e. The van der Waals surface area contributed by atoms with E-state index in [1.54, 1.807) is 25.4 Å². The lowest BCUT2D eigenvalue weighted by atomic mass is 10.0. The molecule has 2 N–H and O–H groups in total. The lowest BCUT2D eigenvalue weighted by molar-refractivity contribution is 0.0525. The molecule has 4 rings (SSSR count). The summed E-state index contributed by atoms with van der Waals surface area (Å²) in [6.45, 7) is 1.90.